The number of hydrogen-bond donors (Lipinski definition) is 1. The molecule has 1 aliphatic rings. The average Bonchev–Trinajstić information content (AvgIpc) is 3.27. The molecule has 0 amide bonds. The second-order valence-corrected chi connectivity index (χ2v) is 5.83. The maximum Gasteiger partial charge on any atom is 0.136 e. The van der Waals surface area contributed by atoms with Crippen LogP contribution in [0.4, 0.5) is 11.6 Å². The van der Waals surface area contributed by atoms with Gasteiger partial charge in [-0.25, -0.2) is 9.97 Å². The fourth-order valence-corrected chi connectivity index (χ4v) is 2.21. The Hall–Kier alpha value is -1.36. The third-order valence-corrected chi connectivity index (χ3v) is 3.40. The molecule has 0 saturated heterocycles. The summed E-state index contributed by atoms with van der Waals surface area (Å²) >= 11 is 0. The van der Waals surface area contributed by atoms with E-state index in [4.69, 9.17) is 9.72 Å². The molecule has 1 aromatic rings. The van der Waals surface area contributed by atoms with E-state index < -0.39 is 0 Å². The van der Waals surface area contributed by atoms with Gasteiger partial charge in [0.05, 0.1) is 6.61 Å². The van der Waals surface area contributed by atoms with Gasteiger partial charge in [-0.3, -0.25) is 0 Å². The zero-order valence-corrected chi connectivity index (χ0v) is 13.0. The van der Waals surface area contributed by atoms with Crippen LogP contribution in [0.1, 0.15) is 38.4 Å². The van der Waals surface area contributed by atoms with E-state index in [1.54, 1.807) is 7.11 Å². The van der Waals surface area contributed by atoms with Crippen LogP contribution in [0.2, 0.25) is 0 Å². The lowest BCUT2D eigenvalue weighted by molar-refractivity contribution is 0.204. The van der Waals surface area contributed by atoms with Gasteiger partial charge in [0.25, 0.3) is 0 Å². The lowest BCUT2D eigenvalue weighted by atomic mass is 10.2. The van der Waals surface area contributed by atoms with E-state index in [1.807, 2.05) is 13.1 Å². The number of rotatable bonds is 8. The molecule has 0 aliphatic heterocycles. The van der Waals surface area contributed by atoms with Crippen LogP contribution in [0.5, 0.6) is 0 Å². The van der Waals surface area contributed by atoms with Crippen molar-refractivity contribution in [1.29, 1.82) is 0 Å². The molecule has 1 fully saturated rings. The highest BCUT2D eigenvalue weighted by Gasteiger charge is 2.28. The number of hydrogen-bond acceptors (Lipinski definition) is 5. The van der Waals surface area contributed by atoms with Crippen molar-refractivity contribution in [3.05, 3.63) is 11.9 Å². The van der Waals surface area contributed by atoms with Crippen LogP contribution >= 0.6 is 0 Å². The lowest BCUT2D eigenvalue weighted by Crippen LogP contribution is -2.32. The number of ether oxygens (including phenoxy) is 1. The van der Waals surface area contributed by atoms with E-state index in [1.165, 1.54) is 12.8 Å². The number of anilines is 2. The Morgan fingerprint density at radius 1 is 1.40 bits per heavy atom. The SMILES string of the molecule is CNc1cc(N(CCOC)CC(C)C)nc(C2CC2)n1. The fraction of sp³-hybridized carbons (Fsp3) is 0.733. The first-order chi connectivity index (χ1) is 9.63. The van der Waals surface area contributed by atoms with Gasteiger partial charge in [-0.2, -0.15) is 0 Å². The van der Waals surface area contributed by atoms with E-state index in [0.717, 1.165) is 30.5 Å². The molecule has 20 heavy (non-hydrogen) atoms. The Labute approximate surface area is 121 Å². The second kappa shape index (κ2) is 6.88. The summed E-state index contributed by atoms with van der Waals surface area (Å²) in [6.45, 7) is 7.00. The maximum atomic E-state index is 5.22. The van der Waals surface area contributed by atoms with Crippen LogP contribution in [-0.4, -0.2) is 43.8 Å². The molecule has 0 unspecified atom stereocenters. The van der Waals surface area contributed by atoms with Crippen LogP contribution in [0.25, 0.3) is 0 Å². The second-order valence-electron chi connectivity index (χ2n) is 5.83. The maximum absolute atomic E-state index is 5.22. The van der Waals surface area contributed by atoms with Gasteiger partial charge < -0.3 is 15.0 Å². The van der Waals surface area contributed by atoms with Crippen molar-refractivity contribution in [2.75, 3.05) is 44.1 Å². The Morgan fingerprint density at radius 3 is 2.70 bits per heavy atom. The summed E-state index contributed by atoms with van der Waals surface area (Å²) in [7, 11) is 3.65. The van der Waals surface area contributed by atoms with Gasteiger partial charge in [-0.05, 0) is 18.8 Å². The van der Waals surface area contributed by atoms with Gasteiger partial charge in [0.15, 0.2) is 0 Å². The molecule has 1 N–H and O–H groups in total. The van der Waals surface area contributed by atoms with Gasteiger partial charge in [0.2, 0.25) is 0 Å². The van der Waals surface area contributed by atoms with Crippen molar-refractivity contribution in [3.63, 3.8) is 0 Å². The molecule has 0 radical (unpaired) electrons. The largest absolute Gasteiger partial charge is 0.383 e. The third kappa shape index (κ3) is 4.07. The zero-order chi connectivity index (χ0) is 14.5. The summed E-state index contributed by atoms with van der Waals surface area (Å²) in [6.07, 6.45) is 2.43. The van der Waals surface area contributed by atoms with Gasteiger partial charge >= 0.3 is 0 Å². The summed E-state index contributed by atoms with van der Waals surface area (Å²) in [4.78, 5) is 11.6. The molecule has 1 aliphatic carbocycles. The average molecular weight is 278 g/mol. The molecular formula is C15H26N4O. The minimum atomic E-state index is 0.561. The molecule has 1 saturated carbocycles. The topological polar surface area (TPSA) is 50.3 Å². The molecule has 5 heteroatoms. The molecule has 112 valence electrons. The summed E-state index contributed by atoms with van der Waals surface area (Å²) in [6, 6.07) is 2.03. The van der Waals surface area contributed by atoms with Gasteiger partial charge in [0, 0.05) is 39.2 Å². The van der Waals surface area contributed by atoms with Crippen LogP contribution in [0, 0.1) is 5.92 Å². The summed E-state index contributed by atoms with van der Waals surface area (Å²) < 4.78 is 5.22. The monoisotopic (exact) mass is 278 g/mol. The summed E-state index contributed by atoms with van der Waals surface area (Å²) in [5.74, 6) is 4.05. The van der Waals surface area contributed by atoms with Crippen LogP contribution < -0.4 is 10.2 Å². The molecule has 0 spiro atoms. The molecule has 5 nitrogen and oxygen atoms in total. The van der Waals surface area contributed by atoms with Crippen molar-refractivity contribution < 1.29 is 4.74 Å². The fourth-order valence-electron chi connectivity index (χ4n) is 2.21. The lowest BCUT2D eigenvalue weighted by Gasteiger charge is -2.26. The van der Waals surface area contributed by atoms with Crippen molar-refractivity contribution in [2.45, 2.75) is 32.6 Å². The molecule has 0 aromatic carbocycles. The van der Waals surface area contributed by atoms with E-state index in [-0.39, 0.29) is 0 Å². The van der Waals surface area contributed by atoms with Crippen molar-refractivity contribution in [1.82, 2.24) is 9.97 Å². The Kier molecular flexibility index (Phi) is 5.17. The number of nitrogens with one attached hydrogen (secondary N) is 1. The highest BCUT2D eigenvalue weighted by Crippen LogP contribution is 2.39. The molecule has 1 heterocycles. The van der Waals surface area contributed by atoms with Crippen LogP contribution in [0.3, 0.4) is 0 Å². The van der Waals surface area contributed by atoms with E-state index in [9.17, 15) is 0 Å². The third-order valence-electron chi connectivity index (χ3n) is 3.40. The first-order valence-corrected chi connectivity index (χ1v) is 7.44. The molecule has 2 rings (SSSR count). The van der Waals surface area contributed by atoms with Gasteiger partial charge in [-0.15, -0.1) is 0 Å². The number of methoxy groups -OCH3 is 1. The smallest absolute Gasteiger partial charge is 0.136 e. The molecule has 0 atom stereocenters. The molecular weight excluding hydrogens is 252 g/mol. The van der Waals surface area contributed by atoms with E-state index in [0.29, 0.717) is 18.4 Å². The Bertz CT molecular complexity index is 432. The minimum Gasteiger partial charge on any atom is -0.383 e. The first kappa shape index (κ1) is 15.0. The predicted octanol–water partition coefficient (Wildman–Crippen LogP) is 2.50. The number of aromatic nitrogens is 2. The summed E-state index contributed by atoms with van der Waals surface area (Å²) in [5.41, 5.74) is 0. The highest BCUT2D eigenvalue weighted by molar-refractivity contribution is 5.49. The normalized spacial score (nSPS) is 14.7. The minimum absolute atomic E-state index is 0.561. The first-order valence-electron chi connectivity index (χ1n) is 7.44. The summed E-state index contributed by atoms with van der Waals surface area (Å²) in [5, 5.41) is 3.15. The zero-order valence-electron chi connectivity index (χ0n) is 13.0. The molecule has 0 bridgehead atoms. The number of nitrogens with zero attached hydrogens (tertiary/aromatic N) is 3. The Morgan fingerprint density at radius 2 is 2.15 bits per heavy atom. The van der Waals surface area contributed by atoms with E-state index >= 15 is 0 Å². The van der Waals surface area contributed by atoms with Crippen molar-refractivity contribution >= 4 is 11.6 Å². The predicted molar refractivity (Wildman–Crippen MR) is 82.5 cm³/mol. The van der Waals surface area contributed by atoms with Crippen molar-refractivity contribution in [2.24, 2.45) is 5.92 Å². The Balaban J connectivity index is 2.22. The standard InChI is InChI=1S/C15H26N4O/c1-11(2)10-19(7-8-20-4)14-9-13(16-3)17-15(18-14)12-5-6-12/h9,11-12H,5-8,10H2,1-4H3,(H,16,17,18). The quantitative estimate of drug-likeness (QED) is 0.792. The van der Waals surface area contributed by atoms with Gasteiger partial charge in [0.1, 0.15) is 17.5 Å². The van der Waals surface area contributed by atoms with Crippen molar-refractivity contribution in [3.8, 4) is 0 Å². The van der Waals surface area contributed by atoms with E-state index in [2.05, 4.69) is 29.0 Å². The van der Waals surface area contributed by atoms with Crippen LogP contribution in [0.15, 0.2) is 6.07 Å². The van der Waals surface area contributed by atoms with Gasteiger partial charge in [-0.1, -0.05) is 13.8 Å². The van der Waals surface area contributed by atoms with Crippen LogP contribution in [-0.2, 0) is 4.74 Å². The highest BCUT2D eigenvalue weighted by atomic mass is 16.5. The molecule has 1 aromatic heterocycles.